The summed E-state index contributed by atoms with van der Waals surface area (Å²) in [6.07, 6.45) is 0. The third-order valence-corrected chi connectivity index (χ3v) is 2.35. The normalized spacial score (nSPS) is 10.0. The van der Waals surface area contributed by atoms with Crippen LogP contribution < -0.4 is 0 Å². The average molecular weight is 279 g/mol. The van der Waals surface area contributed by atoms with Crippen LogP contribution in [-0.4, -0.2) is 25.1 Å². The molecule has 0 aliphatic heterocycles. The topological polar surface area (TPSA) is 29.5 Å². The fourth-order valence-corrected chi connectivity index (χ4v) is 1.80. The highest BCUT2D eigenvalue weighted by atomic mass is 79.9. The molecule has 1 aromatic rings. The first kappa shape index (κ1) is 11.5. The van der Waals surface area contributed by atoms with E-state index in [4.69, 9.17) is 16.4 Å². The van der Waals surface area contributed by atoms with Gasteiger partial charge < -0.3 is 0 Å². The minimum atomic E-state index is -0.240. The lowest BCUT2D eigenvalue weighted by Crippen LogP contribution is -2.25. The number of hydroxylamine groups is 2. The van der Waals surface area contributed by atoms with Crippen molar-refractivity contribution in [2.75, 3.05) is 14.2 Å². The Bertz CT molecular complexity index is 336. The molecular weight excluding hydrogens is 269 g/mol. The Morgan fingerprint density at radius 3 is 2.64 bits per heavy atom. The number of carbonyl (C=O) groups excluding carboxylic acids is 1. The summed E-state index contributed by atoms with van der Waals surface area (Å²) in [5.41, 5.74) is 0.480. The van der Waals surface area contributed by atoms with Crippen molar-refractivity contribution in [3.63, 3.8) is 0 Å². The van der Waals surface area contributed by atoms with Crippen molar-refractivity contribution in [2.45, 2.75) is 0 Å². The molecule has 0 saturated carbocycles. The molecule has 14 heavy (non-hydrogen) atoms. The Balaban J connectivity index is 3.01. The molecule has 0 fully saturated rings. The molecular formula is C9H9BrClNO2. The maximum atomic E-state index is 11.6. The zero-order chi connectivity index (χ0) is 10.7. The Hall–Kier alpha value is -0.580. The Morgan fingerprint density at radius 2 is 2.14 bits per heavy atom. The summed E-state index contributed by atoms with van der Waals surface area (Å²) >= 11 is 9.06. The minimum Gasteiger partial charge on any atom is -0.274 e. The first-order valence-electron chi connectivity index (χ1n) is 3.83. The fourth-order valence-electron chi connectivity index (χ4n) is 0.942. The lowest BCUT2D eigenvalue weighted by Gasteiger charge is -2.13. The van der Waals surface area contributed by atoms with Gasteiger partial charge in [0.25, 0.3) is 5.91 Å². The number of nitrogens with zero attached hydrogens (tertiary/aromatic N) is 1. The van der Waals surface area contributed by atoms with E-state index in [-0.39, 0.29) is 5.91 Å². The summed E-state index contributed by atoms with van der Waals surface area (Å²) < 4.78 is 0.762. The first-order chi connectivity index (χ1) is 6.54. The van der Waals surface area contributed by atoms with Crippen LogP contribution in [0.1, 0.15) is 10.4 Å². The SMILES string of the molecule is CON(C)C(=O)c1cc(Cl)cc(Br)c1. The molecule has 0 unspecified atom stereocenters. The van der Waals surface area contributed by atoms with Gasteiger partial charge in [-0.1, -0.05) is 27.5 Å². The van der Waals surface area contributed by atoms with Gasteiger partial charge in [-0.05, 0) is 18.2 Å². The zero-order valence-corrected chi connectivity index (χ0v) is 10.1. The second-order valence-electron chi connectivity index (χ2n) is 2.64. The highest BCUT2D eigenvalue weighted by molar-refractivity contribution is 9.10. The summed E-state index contributed by atoms with van der Waals surface area (Å²) in [5.74, 6) is -0.240. The zero-order valence-electron chi connectivity index (χ0n) is 7.75. The van der Waals surface area contributed by atoms with Crippen LogP contribution in [0.15, 0.2) is 22.7 Å². The van der Waals surface area contributed by atoms with Gasteiger partial charge >= 0.3 is 0 Å². The van der Waals surface area contributed by atoms with Crippen LogP contribution in [0.4, 0.5) is 0 Å². The molecule has 0 aliphatic carbocycles. The molecule has 76 valence electrons. The number of amides is 1. The van der Waals surface area contributed by atoms with Gasteiger partial charge in [-0.25, -0.2) is 5.06 Å². The average Bonchev–Trinajstić information content (AvgIpc) is 2.14. The van der Waals surface area contributed by atoms with Gasteiger partial charge in [0, 0.05) is 22.1 Å². The smallest absolute Gasteiger partial charge is 0.274 e. The molecule has 0 spiro atoms. The molecule has 3 nitrogen and oxygen atoms in total. The second-order valence-corrected chi connectivity index (χ2v) is 4.00. The lowest BCUT2D eigenvalue weighted by molar-refractivity contribution is -0.0757. The van der Waals surface area contributed by atoms with Crippen molar-refractivity contribution >= 4 is 33.4 Å². The monoisotopic (exact) mass is 277 g/mol. The van der Waals surface area contributed by atoms with Gasteiger partial charge in [-0.3, -0.25) is 9.63 Å². The van der Waals surface area contributed by atoms with Crippen LogP contribution >= 0.6 is 27.5 Å². The molecule has 5 heteroatoms. The summed E-state index contributed by atoms with van der Waals surface area (Å²) in [6, 6.07) is 4.99. The van der Waals surface area contributed by atoms with E-state index in [1.807, 2.05) is 0 Å². The standard InChI is InChI=1S/C9H9BrClNO2/c1-12(14-2)9(13)6-3-7(10)5-8(11)4-6/h3-5H,1-2H3. The van der Waals surface area contributed by atoms with Crippen LogP contribution in [0.3, 0.4) is 0 Å². The van der Waals surface area contributed by atoms with E-state index in [0.29, 0.717) is 10.6 Å². The van der Waals surface area contributed by atoms with E-state index in [9.17, 15) is 4.79 Å². The van der Waals surface area contributed by atoms with E-state index < -0.39 is 0 Å². The summed E-state index contributed by atoms with van der Waals surface area (Å²) in [4.78, 5) is 16.4. The first-order valence-corrected chi connectivity index (χ1v) is 5.00. The van der Waals surface area contributed by atoms with Gasteiger partial charge in [-0.2, -0.15) is 0 Å². The summed E-state index contributed by atoms with van der Waals surface area (Å²) in [7, 11) is 2.97. The predicted molar refractivity (Wildman–Crippen MR) is 58.3 cm³/mol. The number of hydrogen-bond acceptors (Lipinski definition) is 2. The van der Waals surface area contributed by atoms with Gasteiger partial charge in [0.15, 0.2) is 0 Å². The van der Waals surface area contributed by atoms with Crippen LogP contribution in [0.25, 0.3) is 0 Å². The highest BCUT2D eigenvalue weighted by Crippen LogP contribution is 2.20. The third kappa shape index (κ3) is 2.70. The molecule has 0 saturated heterocycles. The molecule has 0 atom stereocenters. The Morgan fingerprint density at radius 1 is 1.50 bits per heavy atom. The summed E-state index contributed by atoms with van der Waals surface area (Å²) in [5, 5.41) is 1.64. The molecule has 1 rings (SSSR count). The number of rotatable bonds is 2. The van der Waals surface area contributed by atoms with E-state index in [1.165, 1.54) is 14.2 Å². The quantitative estimate of drug-likeness (QED) is 0.779. The van der Waals surface area contributed by atoms with Gasteiger partial charge in [0.2, 0.25) is 0 Å². The Kier molecular flexibility index (Phi) is 3.92. The van der Waals surface area contributed by atoms with Crippen molar-refractivity contribution in [3.8, 4) is 0 Å². The van der Waals surface area contributed by atoms with Crippen molar-refractivity contribution in [1.29, 1.82) is 0 Å². The molecule has 0 aliphatic rings. The minimum absolute atomic E-state index is 0.240. The molecule has 0 N–H and O–H groups in total. The molecule has 1 aromatic carbocycles. The van der Waals surface area contributed by atoms with Crippen molar-refractivity contribution in [2.24, 2.45) is 0 Å². The third-order valence-electron chi connectivity index (χ3n) is 1.67. The molecule has 0 bridgehead atoms. The number of halogens is 2. The number of benzene rings is 1. The predicted octanol–water partition coefficient (Wildman–Crippen LogP) is 2.74. The molecule has 0 aromatic heterocycles. The van der Waals surface area contributed by atoms with Gasteiger partial charge in [-0.15, -0.1) is 0 Å². The second kappa shape index (κ2) is 4.77. The van der Waals surface area contributed by atoms with Crippen molar-refractivity contribution in [1.82, 2.24) is 5.06 Å². The number of carbonyl (C=O) groups is 1. The van der Waals surface area contributed by atoms with Crippen LogP contribution in [0.2, 0.25) is 5.02 Å². The van der Waals surface area contributed by atoms with E-state index in [2.05, 4.69) is 15.9 Å². The van der Waals surface area contributed by atoms with Crippen LogP contribution in [0, 0.1) is 0 Å². The van der Waals surface area contributed by atoms with E-state index in [1.54, 1.807) is 18.2 Å². The fraction of sp³-hybridized carbons (Fsp3) is 0.222. The van der Waals surface area contributed by atoms with Crippen molar-refractivity contribution in [3.05, 3.63) is 33.3 Å². The van der Waals surface area contributed by atoms with Crippen molar-refractivity contribution < 1.29 is 9.63 Å². The lowest BCUT2D eigenvalue weighted by atomic mass is 10.2. The molecule has 0 heterocycles. The maximum absolute atomic E-state index is 11.6. The summed E-state index contributed by atoms with van der Waals surface area (Å²) in [6.45, 7) is 0. The Labute approximate surface area is 95.7 Å². The van der Waals surface area contributed by atoms with Crippen LogP contribution in [-0.2, 0) is 4.84 Å². The largest absolute Gasteiger partial charge is 0.277 e. The van der Waals surface area contributed by atoms with E-state index in [0.717, 1.165) is 9.54 Å². The molecule has 1 amide bonds. The maximum Gasteiger partial charge on any atom is 0.277 e. The van der Waals surface area contributed by atoms with Gasteiger partial charge in [0.1, 0.15) is 0 Å². The number of hydrogen-bond donors (Lipinski definition) is 0. The molecule has 0 radical (unpaired) electrons. The van der Waals surface area contributed by atoms with E-state index >= 15 is 0 Å². The van der Waals surface area contributed by atoms with Crippen LogP contribution in [0.5, 0.6) is 0 Å². The van der Waals surface area contributed by atoms with Gasteiger partial charge in [0.05, 0.1) is 7.11 Å². The highest BCUT2D eigenvalue weighted by Gasteiger charge is 2.12.